The maximum atomic E-state index is 10.9. The lowest BCUT2D eigenvalue weighted by molar-refractivity contribution is 0.00245. The van der Waals surface area contributed by atoms with Crippen LogP contribution in [-0.4, -0.2) is 81.2 Å². The van der Waals surface area contributed by atoms with E-state index >= 15 is 0 Å². The van der Waals surface area contributed by atoms with Gasteiger partial charge in [-0.15, -0.1) is 24.0 Å². The Labute approximate surface area is 197 Å². The summed E-state index contributed by atoms with van der Waals surface area (Å²) < 4.78 is 11.2. The fourth-order valence-electron chi connectivity index (χ4n) is 4.02. The number of aliphatic imine (C=N–C) groups is 1. The zero-order valence-electron chi connectivity index (χ0n) is 18.2. The highest BCUT2D eigenvalue weighted by atomic mass is 127. The monoisotopic (exact) mass is 532 g/mol. The van der Waals surface area contributed by atoms with Gasteiger partial charge in [-0.1, -0.05) is 30.3 Å². The second-order valence-electron chi connectivity index (χ2n) is 8.06. The Hall–Kier alpha value is -0.940. The lowest BCUT2D eigenvalue weighted by atomic mass is 9.96. The average molecular weight is 532 g/mol. The van der Waals surface area contributed by atoms with E-state index in [4.69, 9.17) is 9.47 Å². The fraction of sp³-hybridized carbons (Fsp3) is 0.682. The standard InChI is InChI=1S/C22H36N4O3.HI/c1-3-23-21(25-17-22(2,27)19-7-5-4-6-8-19)24-15-20(18-9-12-29-16-18)26-10-13-28-14-11-26;/h4-8,18,20,27H,3,9-17H2,1-2H3,(H2,23,24,25);1H. The van der Waals surface area contributed by atoms with Crippen molar-refractivity contribution in [3.8, 4) is 0 Å². The zero-order valence-corrected chi connectivity index (χ0v) is 20.5. The number of nitrogens with one attached hydrogen (secondary N) is 2. The summed E-state index contributed by atoms with van der Waals surface area (Å²) in [5, 5.41) is 17.7. The van der Waals surface area contributed by atoms with Crippen LogP contribution in [0.5, 0.6) is 0 Å². The number of halogens is 1. The number of nitrogens with zero attached hydrogens (tertiary/aromatic N) is 2. The third-order valence-electron chi connectivity index (χ3n) is 5.79. The van der Waals surface area contributed by atoms with Crippen molar-refractivity contribution in [2.75, 3.05) is 59.2 Å². The molecule has 0 spiro atoms. The topological polar surface area (TPSA) is 78.4 Å². The molecule has 0 radical (unpaired) electrons. The van der Waals surface area contributed by atoms with Crippen molar-refractivity contribution in [1.29, 1.82) is 0 Å². The summed E-state index contributed by atoms with van der Waals surface area (Å²) in [7, 11) is 0. The highest BCUT2D eigenvalue weighted by molar-refractivity contribution is 14.0. The first-order valence-electron chi connectivity index (χ1n) is 10.8. The average Bonchev–Trinajstić information content (AvgIpc) is 3.28. The van der Waals surface area contributed by atoms with E-state index in [1.54, 1.807) is 0 Å². The van der Waals surface area contributed by atoms with Crippen molar-refractivity contribution in [1.82, 2.24) is 15.5 Å². The van der Waals surface area contributed by atoms with Gasteiger partial charge in [0.15, 0.2) is 5.96 Å². The third-order valence-corrected chi connectivity index (χ3v) is 5.79. The SMILES string of the molecule is CCNC(=NCC(C)(O)c1ccccc1)NCC(C1CCOC1)N1CCOCC1.I. The number of guanidine groups is 1. The van der Waals surface area contributed by atoms with Crippen LogP contribution in [0.15, 0.2) is 35.3 Å². The highest BCUT2D eigenvalue weighted by Crippen LogP contribution is 2.22. The Bertz CT molecular complexity index is 633. The van der Waals surface area contributed by atoms with E-state index in [0.29, 0.717) is 18.5 Å². The van der Waals surface area contributed by atoms with Crippen LogP contribution in [0.2, 0.25) is 0 Å². The van der Waals surface area contributed by atoms with Crippen LogP contribution in [0.1, 0.15) is 25.8 Å². The number of morpholine rings is 1. The first kappa shape index (κ1) is 25.3. The smallest absolute Gasteiger partial charge is 0.191 e. The lowest BCUT2D eigenvalue weighted by Gasteiger charge is -2.37. The molecule has 0 amide bonds. The molecule has 3 unspecified atom stereocenters. The second-order valence-corrected chi connectivity index (χ2v) is 8.06. The quantitative estimate of drug-likeness (QED) is 0.270. The molecule has 0 saturated carbocycles. The molecule has 2 fully saturated rings. The highest BCUT2D eigenvalue weighted by Gasteiger charge is 2.31. The van der Waals surface area contributed by atoms with Crippen LogP contribution >= 0.6 is 24.0 Å². The molecule has 0 aromatic heterocycles. The molecule has 3 rings (SSSR count). The molecule has 2 heterocycles. The molecule has 2 saturated heterocycles. The van der Waals surface area contributed by atoms with Gasteiger partial charge in [0.1, 0.15) is 5.60 Å². The number of benzene rings is 1. The van der Waals surface area contributed by atoms with E-state index in [-0.39, 0.29) is 24.0 Å². The first-order valence-corrected chi connectivity index (χ1v) is 10.8. The predicted molar refractivity (Wildman–Crippen MR) is 131 cm³/mol. The normalized spacial score (nSPS) is 23.3. The molecule has 0 aliphatic carbocycles. The van der Waals surface area contributed by atoms with Crippen molar-refractivity contribution >= 4 is 29.9 Å². The van der Waals surface area contributed by atoms with Gasteiger partial charge in [-0.05, 0) is 25.8 Å². The number of hydrogen-bond donors (Lipinski definition) is 3. The van der Waals surface area contributed by atoms with Crippen LogP contribution in [0.3, 0.4) is 0 Å². The first-order chi connectivity index (χ1) is 14.1. The summed E-state index contributed by atoms with van der Waals surface area (Å²) in [5.74, 6) is 1.26. The summed E-state index contributed by atoms with van der Waals surface area (Å²) in [6.07, 6.45) is 1.10. The van der Waals surface area contributed by atoms with E-state index < -0.39 is 5.60 Å². The summed E-state index contributed by atoms with van der Waals surface area (Å²) in [6, 6.07) is 10.1. The molecule has 1 aromatic carbocycles. The van der Waals surface area contributed by atoms with Crippen LogP contribution < -0.4 is 10.6 Å². The Kier molecular flexibility index (Phi) is 10.8. The van der Waals surface area contributed by atoms with Crippen molar-refractivity contribution in [2.45, 2.75) is 31.9 Å². The maximum Gasteiger partial charge on any atom is 0.191 e. The van der Waals surface area contributed by atoms with Crippen molar-refractivity contribution in [3.63, 3.8) is 0 Å². The maximum absolute atomic E-state index is 10.9. The Morgan fingerprint density at radius 3 is 2.57 bits per heavy atom. The van der Waals surface area contributed by atoms with Gasteiger partial charge in [0.25, 0.3) is 0 Å². The minimum atomic E-state index is -1.01. The van der Waals surface area contributed by atoms with Gasteiger partial charge in [0.2, 0.25) is 0 Å². The second kappa shape index (κ2) is 12.8. The largest absolute Gasteiger partial charge is 0.384 e. The predicted octanol–water partition coefficient (Wildman–Crippen LogP) is 1.80. The van der Waals surface area contributed by atoms with Gasteiger partial charge < -0.3 is 25.2 Å². The fourth-order valence-corrected chi connectivity index (χ4v) is 4.02. The van der Waals surface area contributed by atoms with Gasteiger partial charge in [-0.2, -0.15) is 0 Å². The molecule has 3 N–H and O–H groups in total. The van der Waals surface area contributed by atoms with E-state index in [9.17, 15) is 5.11 Å². The van der Waals surface area contributed by atoms with E-state index in [0.717, 1.165) is 70.6 Å². The molecule has 3 atom stereocenters. The lowest BCUT2D eigenvalue weighted by Crippen LogP contribution is -2.53. The molecule has 2 aliphatic heterocycles. The van der Waals surface area contributed by atoms with Crippen LogP contribution in [0, 0.1) is 5.92 Å². The Morgan fingerprint density at radius 2 is 1.93 bits per heavy atom. The summed E-state index contributed by atoms with van der Waals surface area (Å²) in [5.41, 5.74) is -0.138. The van der Waals surface area contributed by atoms with E-state index in [2.05, 4.69) is 27.4 Å². The van der Waals surface area contributed by atoms with Crippen molar-refractivity contribution < 1.29 is 14.6 Å². The van der Waals surface area contributed by atoms with Crippen LogP contribution in [0.4, 0.5) is 0 Å². The minimum Gasteiger partial charge on any atom is -0.384 e. The molecule has 0 bridgehead atoms. The van der Waals surface area contributed by atoms with E-state index in [1.165, 1.54) is 0 Å². The molecular formula is C22H37IN4O3. The van der Waals surface area contributed by atoms with Crippen LogP contribution in [0.25, 0.3) is 0 Å². The van der Waals surface area contributed by atoms with Crippen LogP contribution in [-0.2, 0) is 15.1 Å². The Balaban J connectivity index is 0.00000320. The summed E-state index contributed by atoms with van der Waals surface area (Å²) in [6.45, 7) is 10.9. The molecule has 1 aromatic rings. The van der Waals surface area contributed by atoms with E-state index in [1.807, 2.05) is 37.3 Å². The van der Waals surface area contributed by atoms with Gasteiger partial charge in [0, 0.05) is 44.7 Å². The summed E-state index contributed by atoms with van der Waals surface area (Å²) in [4.78, 5) is 7.19. The number of aliphatic hydroxyl groups is 1. The Morgan fingerprint density at radius 1 is 1.20 bits per heavy atom. The third kappa shape index (κ3) is 7.33. The van der Waals surface area contributed by atoms with Gasteiger partial charge in [-0.3, -0.25) is 4.90 Å². The molecule has 8 heteroatoms. The zero-order chi connectivity index (χ0) is 20.5. The van der Waals surface area contributed by atoms with Gasteiger partial charge in [-0.25, -0.2) is 4.99 Å². The van der Waals surface area contributed by atoms with Crippen molar-refractivity contribution in [2.24, 2.45) is 10.9 Å². The molecule has 7 nitrogen and oxygen atoms in total. The van der Waals surface area contributed by atoms with Crippen molar-refractivity contribution in [3.05, 3.63) is 35.9 Å². The van der Waals surface area contributed by atoms with Gasteiger partial charge >= 0.3 is 0 Å². The summed E-state index contributed by atoms with van der Waals surface area (Å²) >= 11 is 0. The molecule has 2 aliphatic rings. The number of ether oxygens (including phenoxy) is 2. The molecule has 170 valence electrons. The van der Waals surface area contributed by atoms with Gasteiger partial charge in [0.05, 0.1) is 26.4 Å². The molecular weight excluding hydrogens is 495 g/mol. The minimum absolute atomic E-state index is 0. The number of hydrogen-bond acceptors (Lipinski definition) is 5. The number of rotatable bonds is 8. The molecule has 30 heavy (non-hydrogen) atoms.